The van der Waals surface area contributed by atoms with E-state index >= 15 is 0 Å². The van der Waals surface area contributed by atoms with Crippen molar-refractivity contribution in [2.45, 2.75) is 31.2 Å². The van der Waals surface area contributed by atoms with Crippen LogP contribution in [0.1, 0.15) is 30.4 Å². The van der Waals surface area contributed by atoms with Crippen LogP contribution in [0.4, 0.5) is 4.39 Å². The molecule has 1 N–H and O–H groups in total. The van der Waals surface area contributed by atoms with Gasteiger partial charge in [0.2, 0.25) is 5.91 Å². The summed E-state index contributed by atoms with van der Waals surface area (Å²) in [7, 11) is 0. The number of carbonyl (C=O) groups is 1. The molecule has 3 nitrogen and oxygen atoms in total. The zero-order chi connectivity index (χ0) is 14.7. The van der Waals surface area contributed by atoms with Gasteiger partial charge in [0.15, 0.2) is 0 Å². The normalized spacial score (nSPS) is 16.0. The summed E-state index contributed by atoms with van der Waals surface area (Å²) < 4.78 is 14.0. The van der Waals surface area contributed by atoms with Gasteiger partial charge in [-0.05, 0) is 30.5 Å². The van der Waals surface area contributed by atoms with Gasteiger partial charge in [-0.2, -0.15) is 0 Å². The maximum absolute atomic E-state index is 14.0. The zero-order valence-electron chi connectivity index (χ0n) is 11.7. The number of nitrogens with one attached hydrogen (secondary N) is 1. The molecular formula is C17H17FN2O. The summed E-state index contributed by atoms with van der Waals surface area (Å²) in [4.78, 5) is 16.6. The molecule has 0 saturated heterocycles. The van der Waals surface area contributed by atoms with Crippen LogP contribution in [0.3, 0.4) is 0 Å². The molecule has 2 aromatic rings. The number of halogens is 1. The van der Waals surface area contributed by atoms with E-state index in [1.165, 1.54) is 6.07 Å². The maximum atomic E-state index is 14.0. The van der Waals surface area contributed by atoms with Gasteiger partial charge >= 0.3 is 0 Å². The van der Waals surface area contributed by atoms with Crippen LogP contribution in [0.2, 0.25) is 0 Å². The van der Waals surface area contributed by atoms with Gasteiger partial charge in [0, 0.05) is 24.5 Å². The highest BCUT2D eigenvalue weighted by molar-refractivity contribution is 5.89. The molecule has 0 radical (unpaired) electrons. The molecule has 108 valence electrons. The fourth-order valence-electron chi connectivity index (χ4n) is 2.85. The van der Waals surface area contributed by atoms with Crippen LogP contribution in [0, 0.1) is 5.82 Å². The summed E-state index contributed by atoms with van der Waals surface area (Å²) in [6.45, 7) is 0.420. The maximum Gasteiger partial charge on any atom is 0.231 e. The van der Waals surface area contributed by atoms with Crippen molar-refractivity contribution in [3.63, 3.8) is 0 Å². The van der Waals surface area contributed by atoms with Crippen molar-refractivity contribution >= 4 is 5.91 Å². The van der Waals surface area contributed by atoms with E-state index in [2.05, 4.69) is 10.3 Å². The Balaban J connectivity index is 1.77. The van der Waals surface area contributed by atoms with Crippen LogP contribution in [-0.2, 0) is 16.8 Å². The fraction of sp³-hybridized carbons (Fsp3) is 0.294. The quantitative estimate of drug-likeness (QED) is 0.938. The van der Waals surface area contributed by atoms with Crippen molar-refractivity contribution in [1.82, 2.24) is 10.3 Å². The highest BCUT2D eigenvalue weighted by Crippen LogP contribution is 2.44. The van der Waals surface area contributed by atoms with Crippen molar-refractivity contribution in [2.24, 2.45) is 0 Å². The topological polar surface area (TPSA) is 42.0 Å². The lowest BCUT2D eigenvalue weighted by Crippen LogP contribution is -2.49. The first-order chi connectivity index (χ1) is 10.2. The van der Waals surface area contributed by atoms with Crippen molar-refractivity contribution in [3.8, 4) is 0 Å². The smallest absolute Gasteiger partial charge is 0.231 e. The van der Waals surface area contributed by atoms with Crippen LogP contribution in [-0.4, -0.2) is 10.9 Å². The number of benzene rings is 1. The average Bonchev–Trinajstić information content (AvgIpc) is 2.47. The molecule has 3 rings (SSSR count). The van der Waals surface area contributed by atoms with E-state index in [1.54, 1.807) is 30.6 Å². The SMILES string of the molecule is O=C(NCc1cccnc1)C1(c2ccccc2F)CCC1. The van der Waals surface area contributed by atoms with Gasteiger partial charge < -0.3 is 5.32 Å². The predicted molar refractivity (Wildman–Crippen MR) is 78.0 cm³/mol. The minimum atomic E-state index is -0.701. The third-order valence-electron chi connectivity index (χ3n) is 4.21. The Morgan fingerprint density at radius 2 is 2.05 bits per heavy atom. The van der Waals surface area contributed by atoms with Crippen LogP contribution in [0.25, 0.3) is 0 Å². The second-order valence-electron chi connectivity index (χ2n) is 5.46. The van der Waals surface area contributed by atoms with E-state index in [0.717, 1.165) is 12.0 Å². The van der Waals surface area contributed by atoms with Gasteiger partial charge in [-0.25, -0.2) is 4.39 Å². The second kappa shape index (κ2) is 5.64. The number of rotatable bonds is 4. The molecule has 1 heterocycles. The molecule has 4 heteroatoms. The Hall–Kier alpha value is -2.23. The molecule has 0 bridgehead atoms. The summed E-state index contributed by atoms with van der Waals surface area (Å²) in [6.07, 6.45) is 5.77. The summed E-state index contributed by atoms with van der Waals surface area (Å²) in [5.74, 6) is -0.392. The van der Waals surface area contributed by atoms with Gasteiger partial charge in [0.1, 0.15) is 5.82 Å². The molecule has 0 atom stereocenters. The van der Waals surface area contributed by atoms with Crippen LogP contribution in [0.5, 0.6) is 0 Å². The van der Waals surface area contributed by atoms with Gasteiger partial charge in [-0.3, -0.25) is 9.78 Å². The molecule has 21 heavy (non-hydrogen) atoms. The van der Waals surface area contributed by atoms with Crippen molar-refractivity contribution in [1.29, 1.82) is 0 Å². The Morgan fingerprint density at radius 3 is 2.67 bits per heavy atom. The average molecular weight is 284 g/mol. The van der Waals surface area contributed by atoms with Crippen LogP contribution >= 0.6 is 0 Å². The van der Waals surface area contributed by atoms with Crippen LogP contribution < -0.4 is 5.32 Å². The van der Waals surface area contributed by atoms with Crippen molar-refractivity contribution in [2.75, 3.05) is 0 Å². The Bertz CT molecular complexity index is 638. The largest absolute Gasteiger partial charge is 0.351 e. The minimum Gasteiger partial charge on any atom is -0.351 e. The first-order valence-corrected chi connectivity index (χ1v) is 7.15. The molecule has 0 aliphatic heterocycles. The summed E-state index contributed by atoms with van der Waals surface area (Å²) in [5.41, 5.74) is 0.752. The van der Waals surface area contributed by atoms with E-state index < -0.39 is 5.41 Å². The van der Waals surface area contributed by atoms with Gasteiger partial charge in [0.25, 0.3) is 0 Å². The van der Waals surface area contributed by atoms with Crippen molar-refractivity contribution < 1.29 is 9.18 Å². The number of hydrogen-bond donors (Lipinski definition) is 1. The molecular weight excluding hydrogens is 267 g/mol. The summed E-state index contributed by atoms with van der Waals surface area (Å²) in [5, 5.41) is 2.92. The molecule has 1 aliphatic rings. The third kappa shape index (κ3) is 2.53. The second-order valence-corrected chi connectivity index (χ2v) is 5.46. The number of pyridine rings is 1. The van der Waals surface area contributed by atoms with E-state index in [-0.39, 0.29) is 11.7 Å². The lowest BCUT2D eigenvalue weighted by Gasteiger charge is -2.40. The highest BCUT2D eigenvalue weighted by atomic mass is 19.1. The Labute approximate surface area is 123 Å². The number of aromatic nitrogens is 1. The first kappa shape index (κ1) is 13.7. The van der Waals surface area contributed by atoms with E-state index in [0.29, 0.717) is 24.9 Å². The lowest BCUT2D eigenvalue weighted by atomic mass is 9.63. The lowest BCUT2D eigenvalue weighted by molar-refractivity contribution is -0.130. The standard InChI is InChI=1S/C17H17FN2O/c18-15-7-2-1-6-14(15)17(8-4-9-17)16(21)20-12-13-5-3-10-19-11-13/h1-3,5-7,10-11H,4,8-9,12H2,(H,20,21). The Kier molecular flexibility index (Phi) is 3.69. The molecule has 0 unspecified atom stereocenters. The van der Waals surface area contributed by atoms with Crippen molar-refractivity contribution in [3.05, 3.63) is 65.7 Å². The summed E-state index contributed by atoms with van der Waals surface area (Å²) >= 11 is 0. The number of amides is 1. The molecule has 1 aromatic heterocycles. The zero-order valence-corrected chi connectivity index (χ0v) is 11.7. The fourth-order valence-corrected chi connectivity index (χ4v) is 2.85. The van der Waals surface area contributed by atoms with E-state index in [1.807, 2.05) is 12.1 Å². The Morgan fingerprint density at radius 1 is 1.24 bits per heavy atom. The molecule has 1 fully saturated rings. The molecule has 1 amide bonds. The number of hydrogen-bond acceptors (Lipinski definition) is 2. The van der Waals surface area contributed by atoms with Gasteiger partial charge in [0.05, 0.1) is 5.41 Å². The highest BCUT2D eigenvalue weighted by Gasteiger charge is 2.46. The molecule has 1 aliphatic carbocycles. The van der Waals surface area contributed by atoms with E-state index in [9.17, 15) is 9.18 Å². The van der Waals surface area contributed by atoms with Gasteiger partial charge in [-0.15, -0.1) is 0 Å². The van der Waals surface area contributed by atoms with Crippen LogP contribution in [0.15, 0.2) is 48.8 Å². The first-order valence-electron chi connectivity index (χ1n) is 7.15. The third-order valence-corrected chi connectivity index (χ3v) is 4.21. The predicted octanol–water partition coefficient (Wildman–Crippen LogP) is 2.96. The number of nitrogens with zero attached hydrogens (tertiary/aromatic N) is 1. The minimum absolute atomic E-state index is 0.0947. The molecule has 0 spiro atoms. The monoisotopic (exact) mass is 284 g/mol. The van der Waals surface area contributed by atoms with E-state index in [4.69, 9.17) is 0 Å². The summed E-state index contributed by atoms with van der Waals surface area (Å²) in [6, 6.07) is 10.3. The molecule has 1 saturated carbocycles. The number of carbonyl (C=O) groups excluding carboxylic acids is 1. The molecule has 1 aromatic carbocycles. The van der Waals surface area contributed by atoms with Gasteiger partial charge in [-0.1, -0.05) is 30.7 Å².